The standard InChI is InChI=1S/C14H11F3N2O/c1-9-12(3-2-8-18-9)19-13(20)10-4-6-11(7-5-10)14(15,16)17/h2-8H,1H3,(H,19,20). The molecule has 2 aromatic rings. The van der Waals surface area contributed by atoms with Gasteiger partial charge in [0.25, 0.3) is 5.91 Å². The average molecular weight is 280 g/mol. The first-order valence-electron chi connectivity index (χ1n) is 5.78. The molecule has 0 radical (unpaired) electrons. The number of anilines is 1. The predicted molar refractivity (Wildman–Crippen MR) is 68.4 cm³/mol. The second kappa shape index (κ2) is 5.32. The van der Waals surface area contributed by atoms with Crippen molar-refractivity contribution in [3.8, 4) is 0 Å². The van der Waals surface area contributed by atoms with E-state index in [9.17, 15) is 18.0 Å². The molecular weight excluding hydrogens is 269 g/mol. The van der Waals surface area contributed by atoms with Crippen LogP contribution in [0.15, 0.2) is 42.6 Å². The summed E-state index contributed by atoms with van der Waals surface area (Å²) in [6.45, 7) is 1.72. The van der Waals surface area contributed by atoms with Gasteiger partial charge in [-0.1, -0.05) is 0 Å². The van der Waals surface area contributed by atoms with E-state index in [2.05, 4.69) is 10.3 Å². The number of hydrogen-bond donors (Lipinski definition) is 1. The highest BCUT2D eigenvalue weighted by Crippen LogP contribution is 2.29. The minimum atomic E-state index is -4.41. The lowest BCUT2D eigenvalue weighted by Gasteiger charge is -2.09. The third-order valence-corrected chi connectivity index (χ3v) is 2.73. The van der Waals surface area contributed by atoms with E-state index in [1.165, 1.54) is 0 Å². The molecule has 3 nitrogen and oxygen atoms in total. The number of carbonyl (C=O) groups excluding carboxylic acids is 1. The molecule has 6 heteroatoms. The molecule has 1 N–H and O–H groups in total. The van der Waals surface area contributed by atoms with Gasteiger partial charge in [-0.2, -0.15) is 13.2 Å². The second-order valence-electron chi connectivity index (χ2n) is 4.17. The number of aryl methyl sites for hydroxylation is 1. The van der Waals surface area contributed by atoms with E-state index in [-0.39, 0.29) is 5.56 Å². The van der Waals surface area contributed by atoms with Crippen LogP contribution in [0.3, 0.4) is 0 Å². The van der Waals surface area contributed by atoms with Crippen LogP contribution in [0.1, 0.15) is 21.6 Å². The van der Waals surface area contributed by atoms with Gasteiger partial charge >= 0.3 is 6.18 Å². The molecule has 104 valence electrons. The summed E-state index contributed by atoms with van der Waals surface area (Å²) < 4.78 is 37.2. The number of nitrogens with zero attached hydrogens (tertiary/aromatic N) is 1. The maximum Gasteiger partial charge on any atom is 0.416 e. The molecule has 0 aliphatic heterocycles. The van der Waals surface area contributed by atoms with Crippen molar-refractivity contribution in [2.45, 2.75) is 13.1 Å². The molecule has 0 aliphatic rings. The van der Waals surface area contributed by atoms with Crippen LogP contribution in [-0.4, -0.2) is 10.9 Å². The van der Waals surface area contributed by atoms with Crippen LogP contribution < -0.4 is 5.32 Å². The van der Waals surface area contributed by atoms with Crippen LogP contribution in [0.2, 0.25) is 0 Å². The maximum atomic E-state index is 12.4. The van der Waals surface area contributed by atoms with Crippen molar-refractivity contribution in [2.24, 2.45) is 0 Å². The van der Waals surface area contributed by atoms with Crippen molar-refractivity contribution in [2.75, 3.05) is 5.32 Å². The first kappa shape index (κ1) is 14.0. The number of rotatable bonds is 2. The van der Waals surface area contributed by atoms with E-state index in [1.54, 1.807) is 25.3 Å². The molecule has 0 spiro atoms. The minimum absolute atomic E-state index is 0.154. The van der Waals surface area contributed by atoms with Crippen molar-refractivity contribution in [3.63, 3.8) is 0 Å². The van der Waals surface area contributed by atoms with Crippen LogP contribution in [0.4, 0.5) is 18.9 Å². The van der Waals surface area contributed by atoms with Gasteiger partial charge in [-0.3, -0.25) is 9.78 Å². The first-order chi connectivity index (χ1) is 9.38. The number of amides is 1. The highest BCUT2D eigenvalue weighted by Gasteiger charge is 2.30. The first-order valence-corrected chi connectivity index (χ1v) is 5.78. The van der Waals surface area contributed by atoms with Gasteiger partial charge in [-0.25, -0.2) is 0 Å². The second-order valence-corrected chi connectivity index (χ2v) is 4.17. The van der Waals surface area contributed by atoms with Crippen molar-refractivity contribution in [3.05, 3.63) is 59.4 Å². The van der Waals surface area contributed by atoms with E-state index in [0.29, 0.717) is 11.4 Å². The van der Waals surface area contributed by atoms with Gasteiger partial charge in [-0.05, 0) is 43.3 Å². The highest BCUT2D eigenvalue weighted by molar-refractivity contribution is 6.04. The number of aromatic nitrogens is 1. The molecule has 0 saturated carbocycles. The van der Waals surface area contributed by atoms with E-state index in [1.807, 2.05) is 0 Å². The lowest BCUT2D eigenvalue weighted by molar-refractivity contribution is -0.137. The van der Waals surface area contributed by atoms with Crippen molar-refractivity contribution < 1.29 is 18.0 Å². The van der Waals surface area contributed by atoms with Gasteiger partial charge < -0.3 is 5.32 Å². The molecular formula is C14H11F3N2O. The van der Waals surface area contributed by atoms with Gasteiger partial charge in [0.05, 0.1) is 16.9 Å². The fraction of sp³-hybridized carbons (Fsp3) is 0.143. The average Bonchev–Trinajstić information content (AvgIpc) is 2.40. The highest BCUT2D eigenvalue weighted by atomic mass is 19.4. The zero-order valence-corrected chi connectivity index (χ0v) is 10.5. The summed E-state index contributed by atoms with van der Waals surface area (Å²) in [5, 5.41) is 2.60. The Morgan fingerprint density at radius 2 is 1.80 bits per heavy atom. The molecule has 1 aromatic carbocycles. The Balaban J connectivity index is 2.16. The number of alkyl halides is 3. The smallest absolute Gasteiger partial charge is 0.320 e. The van der Waals surface area contributed by atoms with E-state index in [0.717, 1.165) is 24.3 Å². The Kier molecular flexibility index (Phi) is 3.74. The number of nitrogens with one attached hydrogen (secondary N) is 1. The van der Waals surface area contributed by atoms with Gasteiger partial charge in [-0.15, -0.1) is 0 Å². The Labute approximate surface area is 113 Å². The number of benzene rings is 1. The third-order valence-electron chi connectivity index (χ3n) is 2.73. The van der Waals surface area contributed by atoms with Gasteiger partial charge in [0.1, 0.15) is 0 Å². The van der Waals surface area contributed by atoms with Gasteiger partial charge in [0.15, 0.2) is 0 Å². The molecule has 0 saturated heterocycles. The van der Waals surface area contributed by atoms with Crippen LogP contribution in [0, 0.1) is 6.92 Å². The van der Waals surface area contributed by atoms with E-state index in [4.69, 9.17) is 0 Å². The number of hydrogen-bond acceptors (Lipinski definition) is 2. The molecule has 1 amide bonds. The SMILES string of the molecule is Cc1ncccc1NC(=O)c1ccc(C(F)(F)F)cc1. The van der Waals surface area contributed by atoms with Crippen LogP contribution in [0.5, 0.6) is 0 Å². The van der Waals surface area contributed by atoms with E-state index < -0.39 is 17.6 Å². The summed E-state index contributed by atoms with van der Waals surface area (Å²) in [6, 6.07) is 7.38. The number of halogens is 3. The molecule has 20 heavy (non-hydrogen) atoms. The van der Waals surface area contributed by atoms with E-state index >= 15 is 0 Å². The Morgan fingerprint density at radius 3 is 2.35 bits per heavy atom. The topological polar surface area (TPSA) is 42.0 Å². The fourth-order valence-electron chi connectivity index (χ4n) is 1.62. The summed E-state index contributed by atoms with van der Waals surface area (Å²) in [6.07, 6.45) is -2.82. The molecule has 1 heterocycles. The summed E-state index contributed by atoms with van der Waals surface area (Å²) in [5.74, 6) is -0.477. The third kappa shape index (κ3) is 3.14. The number of carbonyl (C=O) groups is 1. The quantitative estimate of drug-likeness (QED) is 0.912. The van der Waals surface area contributed by atoms with Gasteiger partial charge in [0, 0.05) is 11.8 Å². The van der Waals surface area contributed by atoms with Crippen molar-refractivity contribution >= 4 is 11.6 Å². The number of pyridine rings is 1. The molecule has 0 atom stereocenters. The Hall–Kier alpha value is -2.37. The molecule has 0 unspecified atom stereocenters. The predicted octanol–water partition coefficient (Wildman–Crippen LogP) is 3.66. The summed E-state index contributed by atoms with van der Waals surface area (Å²) >= 11 is 0. The largest absolute Gasteiger partial charge is 0.416 e. The maximum absolute atomic E-state index is 12.4. The summed E-state index contributed by atoms with van der Waals surface area (Å²) in [4.78, 5) is 15.9. The van der Waals surface area contributed by atoms with Crippen LogP contribution in [-0.2, 0) is 6.18 Å². The van der Waals surface area contributed by atoms with Crippen LogP contribution >= 0.6 is 0 Å². The fourth-order valence-corrected chi connectivity index (χ4v) is 1.62. The minimum Gasteiger partial charge on any atom is -0.320 e. The zero-order chi connectivity index (χ0) is 14.8. The summed E-state index contributed by atoms with van der Waals surface area (Å²) in [5.41, 5.74) is 0.526. The molecule has 0 aliphatic carbocycles. The van der Waals surface area contributed by atoms with Crippen molar-refractivity contribution in [1.82, 2.24) is 4.98 Å². The Bertz CT molecular complexity index is 621. The zero-order valence-electron chi connectivity index (χ0n) is 10.5. The van der Waals surface area contributed by atoms with Gasteiger partial charge in [0.2, 0.25) is 0 Å². The molecule has 2 rings (SSSR count). The summed E-state index contributed by atoms with van der Waals surface area (Å²) in [7, 11) is 0. The lowest BCUT2D eigenvalue weighted by Crippen LogP contribution is -2.13. The normalized spacial score (nSPS) is 11.2. The van der Waals surface area contributed by atoms with Crippen molar-refractivity contribution in [1.29, 1.82) is 0 Å². The van der Waals surface area contributed by atoms with Crippen LogP contribution in [0.25, 0.3) is 0 Å². The molecule has 0 bridgehead atoms. The Morgan fingerprint density at radius 1 is 1.15 bits per heavy atom. The monoisotopic (exact) mass is 280 g/mol. The lowest BCUT2D eigenvalue weighted by atomic mass is 10.1. The molecule has 0 fully saturated rings. The molecule has 1 aromatic heterocycles.